The van der Waals surface area contributed by atoms with E-state index in [9.17, 15) is 14.7 Å². The maximum atomic E-state index is 12.5. The first kappa shape index (κ1) is 19.7. The molecular weight excluding hydrogens is 380 g/mol. The number of nitrogens with one attached hydrogen (secondary N) is 1. The monoisotopic (exact) mass is 400 g/mol. The van der Waals surface area contributed by atoms with Crippen molar-refractivity contribution in [1.29, 1.82) is 0 Å². The van der Waals surface area contributed by atoms with Gasteiger partial charge in [0.05, 0.1) is 17.3 Å². The van der Waals surface area contributed by atoms with Crippen LogP contribution < -0.4 is 5.32 Å². The number of hydrogen-bond donors (Lipinski definition) is 2. The van der Waals surface area contributed by atoms with Gasteiger partial charge in [0.1, 0.15) is 5.75 Å². The highest BCUT2D eigenvalue weighted by molar-refractivity contribution is 6.33. The number of nitrogens with zero attached hydrogens (tertiary/aromatic N) is 3. The number of aromatic nitrogens is 1. The van der Waals surface area contributed by atoms with Crippen LogP contribution in [-0.4, -0.2) is 64.4 Å². The van der Waals surface area contributed by atoms with E-state index in [0.717, 1.165) is 11.1 Å². The fourth-order valence-corrected chi connectivity index (χ4v) is 3.31. The van der Waals surface area contributed by atoms with E-state index < -0.39 is 0 Å². The number of phenols is 1. The number of anilines is 1. The van der Waals surface area contributed by atoms with Crippen LogP contribution in [0.2, 0.25) is 5.02 Å². The zero-order valence-corrected chi connectivity index (χ0v) is 16.0. The summed E-state index contributed by atoms with van der Waals surface area (Å²) in [6.45, 7) is 5.40. The number of piperazine rings is 1. The predicted octanol–water partition coefficient (Wildman–Crippen LogP) is 2.38. The second-order valence-corrected chi connectivity index (χ2v) is 6.76. The molecule has 1 saturated heterocycles. The molecule has 28 heavy (non-hydrogen) atoms. The summed E-state index contributed by atoms with van der Waals surface area (Å²) in [5, 5.41) is 13.6. The summed E-state index contributed by atoms with van der Waals surface area (Å²) in [7, 11) is 0. The van der Waals surface area contributed by atoms with E-state index in [1.165, 1.54) is 12.1 Å². The number of hydrogen-bond acceptors (Lipinski definition) is 5. The van der Waals surface area contributed by atoms with Crippen LogP contribution in [0, 0.1) is 0 Å². The first-order valence-corrected chi connectivity index (χ1v) is 9.23. The molecule has 1 aromatic carbocycles. The smallest absolute Gasteiger partial charge is 0.246 e. The molecule has 1 aliphatic heterocycles. The van der Waals surface area contributed by atoms with Gasteiger partial charge in [0.15, 0.2) is 0 Å². The third-order valence-electron chi connectivity index (χ3n) is 4.63. The molecule has 2 N–H and O–H groups in total. The molecule has 0 aliphatic carbocycles. The van der Waals surface area contributed by atoms with Crippen molar-refractivity contribution in [3.8, 4) is 16.9 Å². The topological polar surface area (TPSA) is 85.8 Å². The third kappa shape index (κ3) is 4.43. The van der Waals surface area contributed by atoms with Gasteiger partial charge in [-0.15, -0.1) is 0 Å². The van der Waals surface area contributed by atoms with Gasteiger partial charge in [-0.1, -0.05) is 18.2 Å². The maximum absolute atomic E-state index is 12.5. The average molecular weight is 401 g/mol. The fourth-order valence-electron chi connectivity index (χ4n) is 3.05. The van der Waals surface area contributed by atoms with Gasteiger partial charge in [-0.3, -0.25) is 14.6 Å². The Bertz CT molecular complexity index is 881. The second-order valence-electron chi connectivity index (χ2n) is 6.35. The molecule has 1 aliphatic rings. The molecule has 0 unspecified atom stereocenters. The van der Waals surface area contributed by atoms with Gasteiger partial charge in [-0.25, -0.2) is 0 Å². The van der Waals surface area contributed by atoms with Crippen molar-refractivity contribution in [1.82, 2.24) is 14.8 Å². The molecule has 2 heterocycles. The number of halogens is 1. The Balaban J connectivity index is 1.64. The molecular formula is C20H21ClN4O3. The van der Waals surface area contributed by atoms with Crippen molar-refractivity contribution >= 4 is 29.1 Å². The third-order valence-corrected chi connectivity index (χ3v) is 4.94. The standard InChI is InChI=1S/C20H21ClN4O3/c1-2-19(27)24-7-9-25(10-8-24)20(28)13-23-17-11-15(16(21)12-18(17)26)14-3-5-22-6-4-14/h2-6,11-12,23,26H,1,7-10,13H2. The van der Waals surface area contributed by atoms with E-state index in [1.807, 2.05) is 12.1 Å². The Labute approximate surface area is 168 Å². The Morgan fingerprint density at radius 1 is 1.18 bits per heavy atom. The van der Waals surface area contributed by atoms with Gasteiger partial charge < -0.3 is 20.2 Å². The molecule has 1 aromatic heterocycles. The molecule has 146 valence electrons. The molecule has 2 amide bonds. The van der Waals surface area contributed by atoms with Crippen molar-refractivity contribution in [3.05, 3.63) is 54.3 Å². The Morgan fingerprint density at radius 2 is 1.82 bits per heavy atom. The molecule has 0 atom stereocenters. The Morgan fingerprint density at radius 3 is 2.46 bits per heavy atom. The molecule has 1 fully saturated rings. The SMILES string of the molecule is C=CC(=O)N1CCN(C(=O)CNc2cc(-c3ccncc3)c(Cl)cc2O)CC1. The molecule has 0 bridgehead atoms. The Kier molecular flexibility index (Phi) is 6.16. The first-order chi connectivity index (χ1) is 13.5. The van der Waals surface area contributed by atoms with Gasteiger partial charge in [0.2, 0.25) is 11.8 Å². The summed E-state index contributed by atoms with van der Waals surface area (Å²) >= 11 is 6.25. The summed E-state index contributed by atoms with van der Waals surface area (Å²) in [6, 6.07) is 6.79. The predicted molar refractivity (Wildman–Crippen MR) is 108 cm³/mol. The number of phenolic OH excluding ortho intramolecular Hbond substituents is 1. The molecule has 0 spiro atoms. The highest BCUT2D eigenvalue weighted by Gasteiger charge is 2.23. The van der Waals surface area contributed by atoms with Gasteiger partial charge in [0, 0.05) is 50.2 Å². The summed E-state index contributed by atoms with van der Waals surface area (Å²) in [5.74, 6) is -0.262. The molecule has 8 heteroatoms. The number of carbonyl (C=O) groups is 2. The molecule has 0 saturated carbocycles. The normalized spacial score (nSPS) is 13.9. The maximum Gasteiger partial charge on any atom is 0.246 e. The van der Waals surface area contributed by atoms with E-state index in [-0.39, 0.29) is 24.1 Å². The zero-order valence-electron chi connectivity index (χ0n) is 15.3. The van der Waals surface area contributed by atoms with Crippen LogP contribution in [0.25, 0.3) is 11.1 Å². The van der Waals surface area contributed by atoms with Gasteiger partial charge in [-0.05, 0) is 29.8 Å². The molecule has 0 radical (unpaired) electrons. The van der Waals surface area contributed by atoms with Crippen molar-refractivity contribution in [2.45, 2.75) is 0 Å². The van der Waals surface area contributed by atoms with E-state index in [2.05, 4.69) is 16.9 Å². The lowest BCUT2D eigenvalue weighted by atomic mass is 10.1. The number of amides is 2. The number of pyridine rings is 1. The van der Waals surface area contributed by atoms with Crippen molar-refractivity contribution in [2.24, 2.45) is 0 Å². The second kappa shape index (κ2) is 8.75. The summed E-state index contributed by atoms with van der Waals surface area (Å²) in [5.41, 5.74) is 2.01. The minimum Gasteiger partial charge on any atom is -0.506 e. The van der Waals surface area contributed by atoms with E-state index in [1.54, 1.807) is 28.3 Å². The number of aromatic hydroxyl groups is 1. The first-order valence-electron chi connectivity index (χ1n) is 8.85. The minimum atomic E-state index is -0.125. The molecule has 7 nitrogen and oxygen atoms in total. The average Bonchev–Trinajstić information content (AvgIpc) is 2.73. The largest absolute Gasteiger partial charge is 0.506 e. The summed E-state index contributed by atoms with van der Waals surface area (Å²) in [6.07, 6.45) is 4.60. The van der Waals surface area contributed by atoms with Crippen LogP contribution in [0.5, 0.6) is 5.75 Å². The number of benzene rings is 1. The number of carbonyl (C=O) groups excluding carboxylic acids is 2. The van der Waals surface area contributed by atoms with E-state index >= 15 is 0 Å². The zero-order chi connectivity index (χ0) is 20.1. The highest BCUT2D eigenvalue weighted by atomic mass is 35.5. The molecule has 2 aromatic rings. The van der Waals surface area contributed by atoms with Crippen LogP contribution >= 0.6 is 11.6 Å². The van der Waals surface area contributed by atoms with Crippen LogP contribution in [0.4, 0.5) is 5.69 Å². The van der Waals surface area contributed by atoms with Gasteiger partial charge in [0.25, 0.3) is 0 Å². The fraction of sp³-hybridized carbons (Fsp3) is 0.250. The van der Waals surface area contributed by atoms with E-state index in [4.69, 9.17) is 11.6 Å². The van der Waals surface area contributed by atoms with Crippen molar-refractivity contribution in [2.75, 3.05) is 38.0 Å². The van der Waals surface area contributed by atoms with Crippen LogP contribution in [0.1, 0.15) is 0 Å². The lowest BCUT2D eigenvalue weighted by Crippen LogP contribution is -2.51. The van der Waals surface area contributed by atoms with E-state index in [0.29, 0.717) is 36.9 Å². The number of rotatable bonds is 5. The summed E-state index contributed by atoms with van der Waals surface area (Å²) < 4.78 is 0. The lowest BCUT2D eigenvalue weighted by Gasteiger charge is -2.34. The summed E-state index contributed by atoms with van der Waals surface area (Å²) in [4.78, 5) is 31.4. The van der Waals surface area contributed by atoms with Gasteiger partial charge >= 0.3 is 0 Å². The highest BCUT2D eigenvalue weighted by Crippen LogP contribution is 2.36. The van der Waals surface area contributed by atoms with Crippen molar-refractivity contribution in [3.63, 3.8) is 0 Å². The van der Waals surface area contributed by atoms with Crippen molar-refractivity contribution < 1.29 is 14.7 Å². The van der Waals surface area contributed by atoms with Crippen LogP contribution in [0.3, 0.4) is 0 Å². The lowest BCUT2D eigenvalue weighted by molar-refractivity contribution is -0.135. The Hall–Kier alpha value is -3.06. The quantitative estimate of drug-likeness (QED) is 0.594. The van der Waals surface area contributed by atoms with Crippen LogP contribution in [-0.2, 0) is 9.59 Å². The van der Waals surface area contributed by atoms with Crippen LogP contribution in [0.15, 0.2) is 49.3 Å². The van der Waals surface area contributed by atoms with Gasteiger partial charge in [-0.2, -0.15) is 0 Å². The minimum absolute atomic E-state index is 0.0282. The molecule has 3 rings (SSSR count).